The molecule has 2 heterocycles. The van der Waals surface area contributed by atoms with Gasteiger partial charge in [-0.2, -0.15) is 0 Å². The standard InChI is InChI=1S/C24H25FN4O2/c1-28-15-13-26-22(28)21(17-6-3-2-4-7-17)27-23(30)19-8-5-14-29(16-19)24(31)18-9-11-20(25)12-10-18/h2-4,6-7,9-13,15,19,21H,5,8,14,16H2,1H3,(H,27,30). The number of aryl methyl sites for hydroxylation is 1. The van der Waals surface area contributed by atoms with Gasteiger partial charge in [0.25, 0.3) is 5.91 Å². The van der Waals surface area contributed by atoms with E-state index in [-0.39, 0.29) is 29.6 Å². The van der Waals surface area contributed by atoms with E-state index < -0.39 is 0 Å². The molecule has 1 saturated heterocycles. The van der Waals surface area contributed by atoms with E-state index in [0.717, 1.165) is 17.8 Å². The molecule has 1 fully saturated rings. The SMILES string of the molecule is Cn1ccnc1C(NC(=O)C1CCCN(C(=O)c2ccc(F)cc2)C1)c1ccccc1. The number of rotatable bonds is 5. The number of hydrogen-bond acceptors (Lipinski definition) is 3. The summed E-state index contributed by atoms with van der Waals surface area (Å²) in [5, 5.41) is 3.14. The fourth-order valence-corrected chi connectivity index (χ4v) is 4.01. The molecule has 1 aliphatic rings. The number of amides is 2. The second-order valence-corrected chi connectivity index (χ2v) is 7.85. The second-order valence-electron chi connectivity index (χ2n) is 7.85. The zero-order valence-electron chi connectivity index (χ0n) is 17.4. The Bertz CT molecular complexity index is 1050. The van der Waals surface area contributed by atoms with Gasteiger partial charge in [-0.25, -0.2) is 9.37 Å². The number of halogens is 1. The smallest absolute Gasteiger partial charge is 0.253 e. The van der Waals surface area contributed by atoms with Crippen molar-refractivity contribution in [2.45, 2.75) is 18.9 Å². The van der Waals surface area contributed by atoms with Gasteiger partial charge in [0, 0.05) is 38.1 Å². The summed E-state index contributed by atoms with van der Waals surface area (Å²) in [6, 6.07) is 14.9. The normalized spacial score (nSPS) is 17.2. The molecule has 6 nitrogen and oxygen atoms in total. The molecule has 0 aliphatic carbocycles. The van der Waals surface area contributed by atoms with Crippen LogP contribution in [0.3, 0.4) is 0 Å². The van der Waals surface area contributed by atoms with E-state index in [0.29, 0.717) is 25.1 Å². The number of likely N-dealkylation sites (tertiary alicyclic amines) is 1. The van der Waals surface area contributed by atoms with Crippen LogP contribution >= 0.6 is 0 Å². The maximum atomic E-state index is 13.2. The average molecular weight is 420 g/mol. The topological polar surface area (TPSA) is 67.2 Å². The Hall–Kier alpha value is -3.48. The summed E-state index contributed by atoms with van der Waals surface area (Å²) in [6.45, 7) is 0.922. The van der Waals surface area contributed by atoms with Gasteiger partial charge in [-0.05, 0) is 42.7 Å². The summed E-state index contributed by atoms with van der Waals surface area (Å²) < 4.78 is 15.1. The van der Waals surface area contributed by atoms with E-state index >= 15 is 0 Å². The Morgan fingerprint density at radius 3 is 2.55 bits per heavy atom. The number of nitrogens with zero attached hydrogens (tertiary/aromatic N) is 3. The molecule has 2 atom stereocenters. The predicted molar refractivity (Wildman–Crippen MR) is 115 cm³/mol. The van der Waals surface area contributed by atoms with Crippen LogP contribution in [0, 0.1) is 11.7 Å². The number of nitrogens with one attached hydrogen (secondary N) is 1. The minimum absolute atomic E-state index is 0.103. The van der Waals surface area contributed by atoms with Crippen molar-refractivity contribution in [3.63, 3.8) is 0 Å². The summed E-state index contributed by atoms with van der Waals surface area (Å²) in [7, 11) is 1.90. The molecule has 2 amide bonds. The van der Waals surface area contributed by atoms with Crippen molar-refractivity contribution >= 4 is 11.8 Å². The Labute approximate surface area is 180 Å². The molecule has 0 saturated carbocycles. The van der Waals surface area contributed by atoms with Gasteiger partial charge in [0.05, 0.1) is 5.92 Å². The average Bonchev–Trinajstić information content (AvgIpc) is 3.23. The molecule has 2 unspecified atom stereocenters. The van der Waals surface area contributed by atoms with E-state index in [1.54, 1.807) is 11.1 Å². The summed E-state index contributed by atoms with van der Waals surface area (Å²) in [4.78, 5) is 32.1. The van der Waals surface area contributed by atoms with Crippen LogP contribution in [-0.2, 0) is 11.8 Å². The van der Waals surface area contributed by atoms with Crippen molar-refractivity contribution in [3.05, 3.63) is 89.8 Å². The lowest BCUT2D eigenvalue weighted by Gasteiger charge is -2.33. The largest absolute Gasteiger partial charge is 0.342 e. The van der Waals surface area contributed by atoms with Crippen molar-refractivity contribution in [2.75, 3.05) is 13.1 Å². The number of aromatic nitrogens is 2. The maximum Gasteiger partial charge on any atom is 0.253 e. The highest BCUT2D eigenvalue weighted by Crippen LogP contribution is 2.24. The zero-order chi connectivity index (χ0) is 21.8. The highest BCUT2D eigenvalue weighted by Gasteiger charge is 2.31. The monoisotopic (exact) mass is 420 g/mol. The molecule has 160 valence electrons. The molecule has 7 heteroatoms. The van der Waals surface area contributed by atoms with Gasteiger partial charge >= 0.3 is 0 Å². The fourth-order valence-electron chi connectivity index (χ4n) is 4.01. The lowest BCUT2D eigenvalue weighted by atomic mass is 9.95. The van der Waals surface area contributed by atoms with Crippen molar-refractivity contribution < 1.29 is 14.0 Å². The van der Waals surface area contributed by atoms with Gasteiger partial charge in [-0.15, -0.1) is 0 Å². The van der Waals surface area contributed by atoms with Crippen molar-refractivity contribution in [3.8, 4) is 0 Å². The van der Waals surface area contributed by atoms with Crippen LogP contribution in [0.15, 0.2) is 67.0 Å². The van der Waals surface area contributed by atoms with Crippen molar-refractivity contribution in [2.24, 2.45) is 13.0 Å². The van der Waals surface area contributed by atoms with Crippen LogP contribution in [0.5, 0.6) is 0 Å². The van der Waals surface area contributed by atoms with Gasteiger partial charge in [0.15, 0.2) is 0 Å². The van der Waals surface area contributed by atoms with Crippen molar-refractivity contribution in [1.29, 1.82) is 0 Å². The van der Waals surface area contributed by atoms with Gasteiger partial charge in [-0.1, -0.05) is 30.3 Å². The molecule has 0 spiro atoms. The molecule has 1 N–H and O–H groups in total. The van der Waals surface area contributed by atoms with Crippen LogP contribution in [-0.4, -0.2) is 39.4 Å². The third kappa shape index (κ3) is 4.66. The number of carbonyl (C=O) groups excluding carboxylic acids is 2. The Balaban J connectivity index is 1.49. The van der Waals surface area contributed by atoms with Gasteiger partial charge in [0.2, 0.25) is 5.91 Å². The van der Waals surface area contributed by atoms with Gasteiger partial charge in [0.1, 0.15) is 17.7 Å². The molecule has 1 aromatic heterocycles. The van der Waals surface area contributed by atoms with Crippen LogP contribution in [0.1, 0.15) is 40.6 Å². The minimum Gasteiger partial charge on any atom is -0.342 e. The number of piperidine rings is 1. The highest BCUT2D eigenvalue weighted by molar-refractivity contribution is 5.94. The van der Waals surface area contributed by atoms with Crippen LogP contribution in [0.25, 0.3) is 0 Å². The Morgan fingerprint density at radius 1 is 1.13 bits per heavy atom. The molecular formula is C24H25FN4O2. The maximum absolute atomic E-state index is 13.2. The van der Waals surface area contributed by atoms with E-state index in [4.69, 9.17) is 0 Å². The fraction of sp³-hybridized carbons (Fsp3) is 0.292. The molecule has 31 heavy (non-hydrogen) atoms. The van der Waals surface area contributed by atoms with Gasteiger partial charge in [-0.3, -0.25) is 9.59 Å². The predicted octanol–water partition coefficient (Wildman–Crippen LogP) is 3.32. The molecule has 4 rings (SSSR count). The van der Waals surface area contributed by atoms with E-state index in [9.17, 15) is 14.0 Å². The first-order valence-electron chi connectivity index (χ1n) is 10.4. The Kier molecular flexibility index (Phi) is 6.11. The molecule has 1 aliphatic heterocycles. The minimum atomic E-state index is -0.381. The molecule has 3 aromatic rings. The second kappa shape index (κ2) is 9.12. The lowest BCUT2D eigenvalue weighted by molar-refractivity contribution is -0.126. The molecule has 0 radical (unpaired) electrons. The molecule has 2 aromatic carbocycles. The van der Waals surface area contributed by atoms with Crippen LogP contribution in [0.4, 0.5) is 4.39 Å². The number of carbonyl (C=O) groups is 2. The van der Waals surface area contributed by atoms with Crippen molar-refractivity contribution in [1.82, 2.24) is 19.8 Å². The van der Waals surface area contributed by atoms with Crippen LogP contribution < -0.4 is 5.32 Å². The van der Waals surface area contributed by atoms with Gasteiger partial charge < -0.3 is 14.8 Å². The number of hydrogen-bond donors (Lipinski definition) is 1. The first kappa shape index (κ1) is 20.8. The number of imidazole rings is 1. The summed E-state index contributed by atoms with van der Waals surface area (Å²) in [6.07, 6.45) is 5.01. The Morgan fingerprint density at radius 2 is 1.87 bits per heavy atom. The van der Waals surface area contributed by atoms with E-state index in [1.807, 2.05) is 48.1 Å². The molecule has 0 bridgehead atoms. The summed E-state index contributed by atoms with van der Waals surface area (Å²) in [5.74, 6) is -0.234. The van der Waals surface area contributed by atoms with E-state index in [1.165, 1.54) is 24.3 Å². The highest BCUT2D eigenvalue weighted by atomic mass is 19.1. The lowest BCUT2D eigenvalue weighted by Crippen LogP contribution is -2.46. The summed E-state index contributed by atoms with van der Waals surface area (Å²) >= 11 is 0. The number of benzene rings is 2. The third-order valence-electron chi connectivity index (χ3n) is 5.71. The first-order valence-corrected chi connectivity index (χ1v) is 10.4. The first-order chi connectivity index (χ1) is 15.0. The van der Waals surface area contributed by atoms with Crippen LogP contribution in [0.2, 0.25) is 0 Å². The third-order valence-corrected chi connectivity index (χ3v) is 5.71. The summed E-state index contributed by atoms with van der Waals surface area (Å²) in [5.41, 5.74) is 1.37. The van der Waals surface area contributed by atoms with E-state index in [2.05, 4.69) is 10.3 Å². The quantitative estimate of drug-likeness (QED) is 0.689. The molecular weight excluding hydrogens is 395 g/mol. The zero-order valence-corrected chi connectivity index (χ0v) is 17.4.